The van der Waals surface area contributed by atoms with E-state index in [-0.39, 0.29) is 12.1 Å². The SMILES string of the molecule is COC(=O)c1ccc(OC)c(Cn2cnc3c(-c4ccc(Br)cc4)csc3c2=O)c1. The summed E-state index contributed by atoms with van der Waals surface area (Å²) in [5, 5.41) is 1.95. The highest BCUT2D eigenvalue weighted by atomic mass is 79.9. The lowest BCUT2D eigenvalue weighted by Crippen LogP contribution is -2.21. The van der Waals surface area contributed by atoms with Crippen molar-refractivity contribution in [1.82, 2.24) is 9.55 Å². The third-order valence-electron chi connectivity index (χ3n) is 4.74. The normalized spacial score (nSPS) is 10.9. The molecule has 152 valence electrons. The van der Waals surface area contributed by atoms with Crippen LogP contribution in [0.2, 0.25) is 0 Å². The Kier molecular flexibility index (Phi) is 5.69. The van der Waals surface area contributed by atoms with Gasteiger partial charge >= 0.3 is 5.97 Å². The van der Waals surface area contributed by atoms with Crippen molar-refractivity contribution in [2.45, 2.75) is 6.54 Å². The van der Waals surface area contributed by atoms with Crippen molar-refractivity contribution in [2.75, 3.05) is 14.2 Å². The van der Waals surface area contributed by atoms with Crippen LogP contribution in [0, 0.1) is 0 Å². The van der Waals surface area contributed by atoms with Crippen molar-refractivity contribution in [2.24, 2.45) is 0 Å². The van der Waals surface area contributed by atoms with Crippen molar-refractivity contribution in [3.63, 3.8) is 0 Å². The standard InChI is InChI=1S/C22H17BrN2O4S/c1-28-18-8-5-14(22(27)29-2)9-15(18)10-25-12-24-19-17(11-30-20(19)21(25)26)13-3-6-16(23)7-4-13/h3-9,11-12H,10H2,1-2H3. The van der Waals surface area contributed by atoms with E-state index in [0.29, 0.717) is 27.1 Å². The summed E-state index contributed by atoms with van der Waals surface area (Å²) in [6.07, 6.45) is 1.53. The first-order valence-electron chi connectivity index (χ1n) is 8.99. The first kappa shape index (κ1) is 20.3. The molecule has 2 aromatic carbocycles. The van der Waals surface area contributed by atoms with E-state index in [0.717, 1.165) is 15.6 Å². The molecule has 6 nitrogen and oxygen atoms in total. The number of carbonyl (C=O) groups is 1. The summed E-state index contributed by atoms with van der Waals surface area (Å²) >= 11 is 4.81. The number of methoxy groups -OCH3 is 2. The minimum absolute atomic E-state index is 0.140. The van der Waals surface area contributed by atoms with E-state index in [2.05, 4.69) is 20.9 Å². The number of esters is 1. The molecule has 0 aliphatic heterocycles. The second-order valence-corrected chi connectivity index (χ2v) is 8.33. The topological polar surface area (TPSA) is 70.4 Å². The largest absolute Gasteiger partial charge is 0.496 e. The van der Waals surface area contributed by atoms with Gasteiger partial charge in [-0.05, 0) is 35.9 Å². The molecule has 0 N–H and O–H groups in total. The Bertz CT molecular complexity index is 1290. The summed E-state index contributed by atoms with van der Waals surface area (Å²) in [7, 11) is 2.87. The number of hydrogen-bond acceptors (Lipinski definition) is 6. The Morgan fingerprint density at radius 1 is 1.17 bits per heavy atom. The molecule has 30 heavy (non-hydrogen) atoms. The predicted octanol–water partition coefficient (Wildman–Crippen LogP) is 4.73. The van der Waals surface area contributed by atoms with Crippen LogP contribution in [0.3, 0.4) is 0 Å². The Morgan fingerprint density at radius 2 is 1.93 bits per heavy atom. The number of benzene rings is 2. The molecule has 0 aliphatic rings. The third kappa shape index (κ3) is 3.76. The molecule has 2 aromatic heterocycles. The van der Waals surface area contributed by atoms with Crippen molar-refractivity contribution in [3.05, 3.63) is 80.1 Å². The molecule has 0 atom stereocenters. The summed E-state index contributed by atoms with van der Waals surface area (Å²) < 4.78 is 13.3. The highest BCUT2D eigenvalue weighted by Crippen LogP contribution is 2.31. The fraction of sp³-hybridized carbons (Fsp3) is 0.136. The molecule has 4 rings (SSSR count). The van der Waals surface area contributed by atoms with Crippen LogP contribution in [0.5, 0.6) is 5.75 Å². The van der Waals surface area contributed by atoms with E-state index in [1.54, 1.807) is 25.3 Å². The van der Waals surface area contributed by atoms with Gasteiger partial charge in [-0.3, -0.25) is 9.36 Å². The molecule has 2 heterocycles. The van der Waals surface area contributed by atoms with Crippen molar-refractivity contribution < 1.29 is 14.3 Å². The maximum Gasteiger partial charge on any atom is 0.337 e. The smallest absolute Gasteiger partial charge is 0.337 e. The van der Waals surface area contributed by atoms with Crippen LogP contribution in [0.25, 0.3) is 21.3 Å². The van der Waals surface area contributed by atoms with Crippen LogP contribution >= 0.6 is 27.3 Å². The zero-order valence-corrected chi connectivity index (χ0v) is 18.6. The summed E-state index contributed by atoms with van der Waals surface area (Å²) in [5.74, 6) is 0.133. The lowest BCUT2D eigenvalue weighted by Gasteiger charge is -2.12. The van der Waals surface area contributed by atoms with E-state index in [1.807, 2.05) is 29.6 Å². The molecule has 0 radical (unpaired) electrons. The fourth-order valence-corrected chi connectivity index (χ4v) is 4.46. The maximum absolute atomic E-state index is 13.1. The summed E-state index contributed by atoms with van der Waals surface area (Å²) in [5.41, 5.74) is 3.55. The molecule has 0 amide bonds. The van der Waals surface area contributed by atoms with Gasteiger partial charge < -0.3 is 9.47 Å². The van der Waals surface area contributed by atoms with E-state index in [4.69, 9.17) is 9.47 Å². The number of halogens is 1. The van der Waals surface area contributed by atoms with Gasteiger partial charge in [0.2, 0.25) is 0 Å². The number of fused-ring (bicyclic) bond motifs is 1. The zero-order chi connectivity index (χ0) is 21.3. The molecular weight excluding hydrogens is 468 g/mol. The van der Waals surface area contributed by atoms with Gasteiger partial charge in [-0.25, -0.2) is 9.78 Å². The van der Waals surface area contributed by atoms with Gasteiger partial charge in [-0.2, -0.15) is 0 Å². The van der Waals surface area contributed by atoms with E-state index >= 15 is 0 Å². The van der Waals surface area contributed by atoms with Crippen LogP contribution in [-0.4, -0.2) is 29.7 Å². The Morgan fingerprint density at radius 3 is 2.63 bits per heavy atom. The Labute approximate surface area is 184 Å². The Balaban J connectivity index is 1.75. The van der Waals surface area contributed by atoms with Crippen LogP contribution in [0.4, 0.5) is 0 Å². The van der Waals surface area contributed by atoms with Crippen molar-refractivity contribution in [1.29, 1.82) is 0 Å². The number of rotatable bonds is 5. The van der Waals surface area contributed by atoms with Gasteiger partial charge in [0, 0.05) is 21.0 Å². The van der Waals surface area contributed by atoms with Gasteiger partial charge in [0.1, 0.15) is 10.4 Å². The molecule has 0 bridgehead atoms. The van der Waals surface area contributed by atoms with Crippen molar-refractivity contribution in [3.8, 4) is 16.9 Å². The summed E-state index contributed by atoms with van der Waals surface area (Å²) in [4.78, 5) is 29.5. The first-order chi connectivity index (χ1) is 14.5. The maximum atomic E-state index is 13.1. The first-order valence-corrected chi connectivity index (χ1v) is 10.7. The molecule has 0 unspecified atom stereocenters. The van der Waals surface area contributed by atoms with Crippen LogP contribution < -0.4 is 10.3 Å². The number of hydrogen-bond donors (Lipinski definition) is 0. The van der Waals surface area contributed by atoms with Gasteiger partial charge in [0.15, 0.2) is 0 Å². The highest BCUT2D eigenvalue weighted by molar-refractivity contribution is 9.10. The number of thiophene rings is 1. The van der Waals surface area contributed by atoms with Gasteiger partial charge in [-0.1, -0.05) is 28.1 Å². The lowest BCUT2D eigenvalue weighted by atomic mass is 10.1. The van der Waals surface area contributed by atoms with Crippen LogP contribution in [-0.2, 0) is 11.3 Å². The van der Waals surface area contributed by atoms with Crippen LogP contribution in [0.1, 0.15) is 15.9 Å². The Hall–Kier alpha value is -2.97. The quantitative estimate of drug-likeness (QED) is 0.383. The minimum Gasteiger partial charge on any atom is -0.496 e. The molecule has 0 spiro atoms. The lowest BCUT2D eigenvalue weighted by molar-refractivity contribution is 0.0600. The average Bonchev–Trinajstić information content (AvgIpc) is 3.20. The van der Waals surface area contributed by atoms with Gasteiger partial charge in [0.25, 0.3) is 5.56 Å². The molecule has 0 saturated heterocycles. The van der Waals surface area contributed by atoms with Crippen molar-refractivity contribution >= 4 is 43.5 Å². The number of aromatic nitrogens is 2. The number of carbonyl (C=O) groups excluding carboxylic acids is 1. The van der Waals surface area contributed by atoms with Gasteiger partial charge in [0.05, 0.1) is 38.2 Å². The minimum atomic E-state index is -0.447. The zero-order valence-electron chi connectivity index (χ0n) is 16.2. The molecular formula is C22H17BrN2O4S. The summed E-state index contributed by atoms with van der Waals surface area (Å²) in [6, 6.07) is 12.9. The monoisotopic (exact) mass is 484 g/mol. The number of nitrogens with zero attached hydrogens (tertiary/aromatic N) is 2. The second kappa shape index (κ2) is 8.41. The summed E-state index contributed by atoms with van der Waals surface area (Å²) in [6.45, 7) is 0.224. The third-order valence-corrected chi connectivity index (χ3v) is 6.23. The molecule has 0 saturated carbocycles. The number of ether oxygens (including phenoxy) is 2. The van der Waals surface area contributed by atoms with E-state index < -0.39 is 5.97 Å². The van der Waals surface area contributed by atoms with E-state index in [1.165, 1.54) is 29.3 Å². The molecule has 8 heteroatoms. The molecule has 4 aromatic rings. The highest BCUT2D eigenvalue weighted by Gasteiger charge is 2.15. The predicted molar refractivity (Wildman–Crippen MR) is 120 cm³/mol. The second-order valence-electron chi connectivity index (χ2n) is 6.53. The molecule has 0 aliphatic carbocycles. The fourth-order valence-electron chi connectivity index (χ4n) is 3.22. The van der Waals surface area contributed by atoms with Gasteiger partial charge in [-0.15, -0.1) is 11.3 Å². The van der Waals surface area contributed by atoms with Crippen LogP contribution in [0.15, 0.2) is 63.4 Å². The molecule has 0 fully saturated rings. The average molecular weight is 485 g/mol. The van der Waals surface area contributed by atoms with E-state index in [9.17, 15) is 9.59 Å².